The average molecular weight is 453 g/mol. The number of aromatic nitrogens is 2. The molecule has 0 aliphatic rings. The number of hydrogen-bond acceptors (Lipinski definition) is 5. The Hall–Kier alpha value is -3.27. The van der Waals surface area contributed by atoms with Crippen LogP contribution in [0.4, 0.5) is 5.69 Å². The normalized spacial score (nSPS) is 11.4. The van der Waals surface area contributed by atoms with Gasteiger partial charge in [0.1, 0.15) is 0 Å². The molecule has 1 amide bonds. The molecule has 0 aliphatic carbocycles. The van der Waals surface area contributed by atoms with E-state index in [2.05, 4.69) is 15.0 Å². The summed E-state index contributed by atoms with van der Waals surface area (Å²) >= 11 is 1.47. The molecule has 2 aromatic heterocycles. The number of imidazole rings is 1. The van der Waals surface area contributed by atoms with Crippen LogP contribution in [0.1, 0.15) is 20.8 Å². The van der Waals surface area contributed by atoms with E-state index >= 15 is 0 Å². The molecular weight excluding hydrogens is 432 g/mol. The highest BCUT2D eigenvalue weighted by atomic mass is 32.2. The SMILES string of the molecule is O=C(Nc1cccc(Cn2ccnc2)c1)c1cccc(S(=O)(=O)NCc2cccs2)c1. The number of nitrogens with one attached hydrogen (secondary N) is 2. The second-order valence-electron chi connectivity index (χ2n) is 6.82. The van der Waals surface area contributed by atoms with Crippen molar-refractivity contribution in [3.8, 4) is 0 Å². The lowest BCUT2D eigenvalue weighted by Crippen LogP contribution is -2.23. The van der Waals surface area contributed by atoms with E-state index in [1.54, 1.807) is 30.7 Å². The van der Waals surface area contributed by atoms with Gasteiger partial charge in [0, 0.05) is 41.6 Å². The molecule has 0 fully saturated rings. The molecule has 4 rings (SSSR count). The van der Waals surface area contributed by atoms with E-state index in [1.807, 2.05) is 46.5 Å². The molecule has 0 saturated heterocycles. The summed E-state index contributed by atoms with van der Waals surface area (Å²) in [6.07, 6.45) is 5.30. The third-order valence-corrected chi connectivity index (χ3v) is 6.81. The highest BCUT2D eigenvalue weighted by Gasteiger charge is 2.16. The number of rotatable bonds is 8. The molecule has 0 spiro atoms. The number of anilines is 1. The first-order valence-electron chi connectivity index (χ1n) is 9.48. The predicted octanol–water partition coefficient (Wildman–Crippen LogP) is 3.72. The molecule has 31 heavy (non-hydrogen) atoms. The zero-order valence-corrected chi connectivity index (χ0v) is 18.1. The molecule has 158 valence electrons. The van der Waals surface area contributed by atoms with Crippen molar-refractivity contribution in [3.05, 3.63) is 101 Å². The molecule has 0 aliphatic heterocycles. The van der Waals surface area contributed by atoms with E-state index in [0.29, 0.717) is 12.2 Å². The Balaban J connectivity index is 1.45. The minimum absolute atomic E-state index is 0.0468. The van der Waals surface area contributed by atoms with Gasteiger partial charge in [0.2, 0.25) is 10.0 Å². The van der Waals surface area contributed by atoms with Gasteiger partial charge in [-0.05, 0) is 47.3 Å². The first-order chi connectivity index (χ1) is 15.0. The number of carbonyl (C=O) groups is 1. The van der Waals surface area contributed by atoms with Gasteiger partial charge in [-0.25, -0.2) is 18.1 Å². The minimum atomic E-state index is -3.73. The second-order valence-corrected chi connectivity index (χ2v) is 9.62. The lowest BCUT2D eigenvalue weighted by atomic mass is 10.1. The summed E-state index contributed by atoms with van der Waals surface area (Å²) in [5.74, 6) is -0.380. The maximum absolute atomic E-state index is 12.7. The van der Waals surface area contributed by atoms with Crippen LogP contribution in [-0.2, 0) is 23.1 Å². The van der Waals surface area contributed by atoms with Crippen molar-refractivity contribution >= 4 is 33.0 Å². The van der Waals surface area contributed by atoms with Gasteiger partial charge < -0.3 is 9.88 Å². The van der Waals surface area contributed by atoms with Crippen LogP contribution < -0.4 is 10.0 Å². The molecule has 0 unspecified atom stereocenters. The number of benzene rings is 2. The molecule has 2 aromatic carbocycles. The standard InChI is InChI=1S/C22H20N4O3S2/c27-22(25-19-6-1-4-17(12-19)15-26-10-9-23-16-26)18-5-2-8-21(13-18)31(28,29)24-14-20-7-3-11-30-20/h1-13,16,24H,14-15H2,(H,25,27). The first kappa shape index (κ1) is 21.0. The van der Waals surface area contributed by atoms with Crippen LogP contribution in [0.15, 0.2) is 89.7 Å². The molecule has 2 heterocycles. The summed E-state index contributed by atoms with van der Waals surface area (Å²) < 4.78 is 29.7. The zero-order chi connectivity index (χ0) is 21.7. The summed E-state index contributed by atoms with van der Waals surface area (Å²) in [5, 5.41) is 4.72. The summed E-state index contributed by atoms with van der Waals surface area (Å²) in [6, 6.07) is 17.2. The lowest BCUT2D eigenvalue weighted by Gasteiger charge is -2.10. The van der Waals surface area contributed by atoms with Crippen molar-refractivity contribution in [1.29, 1.82) is 0 Å². The van der Waals surface area contributed by atoms with Gasteiger partial charge in [-0.15, -0.1) is 11.3 Å². The lowest BCUT2D eigenvalue weighted by molar-refractivity contribution is 0.102. The maximum Gasteiger partial charge on any atom is 0.255 e. The van der Waals surface area contributed by atoms with Crippen molar-refractivity contribution in [1.82, 2.24) is 14.3 Å². The third-order valence-electron chi connectivity index (χ3n) is 4.53. The third kappa shape index (κ3) is 5.46. The van der Waals surface area contributed by atoms with E-state index < -0.39 is 10.0 Å². The summed E-state index contributed by atoms with van der Waals surface area (Å²) in [6.45, 7) is 0.841. The van der Waals surface area contributed by atoms with Crippen LogP contribution in [-0.4, -0.2) is 23.9 Å². The van der Waals surface area contributed by atoms with Gasteiger partial charge in [0.05, 0.1) is 11.2 Å². The van der Waals surface area contributed by atoms with Crippen LogP contribution in [0.2, 0.25) is 0 Å². The Bertz CT molecular complexity index is 1270. The quantitative estimate of drug-likeness (QED) is 0.426. The number of sulfonamides is 1. The van der Waals surface area contributed by atoms with E-state index in [9.17, 15) is 13.2 Å². The molecule has 7 nitrogen and oxygen atoms in total. The van der Waals surface area contributed by atoms with Gasteiger partial charge in [0.15, 0.2) is 0 Å². The van der Waals surface area contributed by atoms with Crippen molar-refractivity contribution in [3.63, 3.8) is 0 Å². The molecule has 0 saturated carbocycles. The average Bonchev–Trinajstić information content (AvgIpc) is 3.47. The fourth-order valence-electron chi connectivity index (χ4n) is 3.01. The Morgan fingerprint density at radius 1 is 1.06 bits per heavy atom. The van der Waals surface area contributed by atoms with Gasteiger partial charge in [-0.3, -0.25) is 4.79 Å². The van der Waals surface area contributed by atoms with E-state index in [-0.39, 0.29) is 22.9 Å². The molecule has 0 atom stereocenters. The number of nitrogens with zero attached hydrogens (tertiary/aromatic N) is 2. The van der Waals surface area contributed by atoms with Crippen molar-refractivity contribution in [2.75, 3.05) is 5.32 Å². The van der Waals surface area contributed by atoms with Crippen LogP contribution in [0.3, 0.4) is 0 Å². The summed E-state index contributed by atoms with van der Waals surface area (Å²) in [4.78, 5) is 17.7. The fraction of sp³-hybridized carbons (Fsp3) is 0.0909. The Morgan fingerprint density at radius 3 is 2.71 bits per heavy atom. The van der Waals surface area contributed by atoms with Gasteiger partial charge in [-0.2, -0.15) is 0 Å². The molecule has 0 radical (unpaired) electrons. The van der Waals surface area contributed by atoms with E-state index in [0.717, 1.165) is 10.4 Å². The van der Waals surface area contributed by atoms with Crippen molar-refractivity contribution < 1.29 is 13.2 Å². The van der Waals surface area contributed by atoms with Crippen LogP contribution in [0.5, 0.6) is 0 Å². The molecule has 0 bridgehead atoms. The van der Waals surface area contributed by atoms with Crippen molar-refractivity contribution in [2.24, 2.45) is 0 Å². The Morgan fingerprint density at radius 2 is 1.94 bits per heavy atom. The zero-order valence-electron chi connectivity index (χ0n) is 16.4. The van der Waals surface area contributed by atoms with E-state index in [1.165, 1.54) is 23.5 Å². The van der Waals surface area contributed by atoms with Crippen LogP contribution >= 0.6 is 11.3 Å². The topological polar surface area (TPSA) is 93.1 Å². The number of hydrogen-bond donors (Lipinski definition) is 2. The highest BCUT2D eigenvalue weighted by molar-refractivity contribution is 7.89. The van der Waals surface area contributed by atoms with Crippen molar-refractivity contribution in [2.45, 2.75) is 18.0 Å². The maximum atomic E-state index is 12.7. The molecule has 2 N–H and O–H groups in total. The predicted molar refractivity (Wildman–Crippen MR) is 121 cm³/mol. The van der Waals surface area contributed by atoms with Gasteiger partial charge in [-0.1, -0.05) is 24.3 Å². The summed E-state index contributed by atoms with van der Waals surface area (Å²) in [7, 11) is -3.73. The van der Waals surface area contributed by atoms with Crippen LogP contribution in [0.25, 0.3) is 0 Å². The van der Waals surface area contributed by atoms with Crippen LogP contribution in [0, 0.1) is 0 Å². The largest absolute Gasteiger partial charge is 0.333 e. The highest BCUT2D eigenvalue weighted by Crippen LogP contribution is 2.17. The van der Waals surface area contributed by atoms with Gasteiger partial charge in [0.25, 0.3) is 5.91 Å². The van der Waals surface area contributed by atoms with Gasteiger partial charge >= 0.3 is 0 Å². The molecule has 4 aromatic rings. The number of carbonyl (C=O) groups excluding carboxylic acids is 1. The smallest absolute Gasteiger partial charge is 0.255 e. The second kappa shape index (κ2) is 9.25. The molecular formula is C22H20N4O3S2. The number of thiophene rings is 1. The Kier molecular flexibility index (Phi) is 6.26. The summed E-state index contributed by atoms with van der Waals surface area (Å²) in [5.41, 5.74) is 1.90. The fourth-order valence-corrected chi connectivity index (χ4v) is 4.80. The van der Waals surface area contributed by atoms with E-state index in [4.69, 9.17) is 0 Å². The Labute approximate surface area is 184 Å². The number of amides is 1. The molecule has 9 heteroatoms. The first-order valence-corrected chi connectivity index (χ1v) is 11.8. The monoisotopic (exact) mass is 452 g/mol. The minimum Gasteiger partial charge on any atom is -0.333 e.